The van der Waals surface area contributed by atoms with E-state index in [1.165, 1.54) is 11.1 Å². The molecule has 2 N–H and O–H groups in total. The van der Waals surface area contributed by atoms with Gasteiger partial charge in [0.15, 0.2) is 0 Å². The van der Waals surface area contributed by atoms with E-state index in [2.05, 4.69) is 5.32 Å². The molecule has 0 aliphatic heterocycles. The Morgan fingerprint density at radius 1 is 1.17 bits per heavy atom. The first-order valence-corrected chi connectivity index (χ1v) is 6.45. The van der Waals surface area contributed by atoms with Gasteiger partial charge in [-0.05, 0) is 48.2 Å². The molecule has 1 unspecified atom stereocenters. The van der Waals surface area contributed by atoms with Gasteiger partial charge in [-0.1, -0.05) is 29.8 Å². The number of hydrogen-bond donors (Lipinski definition) is 2. The fourth-order valence-electron chi connectivity index (χ4n) is 2.52. The van der Waals surface area contributed by atoms with Gasteiger partial charge in [0.05, 0.1) is 16.8 Å². The van der Waals surface area contributed by atoms with Crippen LogP contribution >= 0.6 is 11.6 Å². The lowest BCUT2D eigenvalue weighted by Crippen LogP contribution is -2.07. The number of hydrogen-bond acceptors (Lipinski definition) is 2. The zero-order chi connectivity index (χ0) is 12.5. The molecule has 1 aliphatic rings. The Morgan fingerprint density at radius 2 is 2.00 bits per heavy atom. The number of anilines is 1. The standard InChI is InChI=1S/C15H14ClNO/c16-13-3-1-2-4-15(13)17-14-8-5-10-9-11(18)6-7-12(10)14/h1-4,6-7,9,14,17-18H,5,8H2. The Bertz CT molecular complexity index is 582. The zero-order valence-electron chi connectivity index (χ0n) is 9.86. The molecule has 0 amide bonds. The Balaban J connectivity index is 1.87. The van der Waals surface area contributed by atoms with Crippen LogP contribution in [0.5, 0.6) is 5.75 Å². The lowest BCUT2D eigenvalue weighted by atomic mass is 10.1. The van der Waals surface area contributed by atoms with Crippen LogP contribution in [-0.4, -0.2) is 5.11 Å². The predicted octanol–water partition coefficient (Wildman–Crippen LogP) is 4.15. The van der Waals surface area contributed by atoms with Crippen molar-refractivity contribution >= 4 is 17.3 Å². The summed E-state index contributed by atoms with van der Waals surface area (Å²) in [6.45, 7) is 0. The molecule has 0 aromatic heterocycles. The summed E-state index contributed by atoms with van der Waals surface area (Å²) in [4.78, 5) is 0. The third-order valence-corrected chi connectivity index (χ3v) is 3.74. The second-order valence-corrected chi connectivity index (χ2v) is 5.01. The van der Waals surface area contributed by atoms with Crippen LogP contribution in [0.1, 0.15) is 23.6 Å². The Labute approximate surface area is 111 Å². The van der Waals surface area contributed by atoms with E-state index in [0.717, 1.165) is 23.6 Å². The van der Waals surface area contributed by atoms with E-state index in [4.69, 9.17) is 11.6 Å². The minimum absolute atomic E-state index is 0.278. The van der Waals surface area contributed by atoms with E-state index in [1.807, 2.05) is 36.4 Å². The van der Waals surface area contributed by atoms with Crippen LogP contribution in [0.4, 0.5) is 5.69 Å². The molecule has 0 saturated carbocycles. The number of phenolic OH excluding ortho intramolecular Hbond substituents is 1. The second-order valence-electron chi connectivity index (χ2n) is 4.60. The highest BCUT2D eigenvalue weighted by molar-refractivity contribution is 6.33. The summed E-state index contributed by atoms with van der Waals surface area (Å²) in [7, 11) is 0. The predicted molar refractivity (Wildman–Crippen MR) is 74.2 cm³/mol. The Kier molecular flexibility index (Phi) is 2.88. The highest BCUT2D eigenvalue weighted by Gasteiger charge is 2.22. The molecule has 0 spiro atoms. The topological polar surface area (TPSA) is 32.3 Å². The van der Waals surface area contributed by atoms with Crippen LogP contribution in [0.25, 0.3) is 0 Å². The van der Waals surface area contributed by atoms with Gasteiger partial charge in [0, 0.05) is 0 Å². The lowest BCUT2D eigenvalue weighted by molar-refractivity contribution is 0.474. The Hall–Kier alpha value is -1.67. The summed E-state index contributed by atoms with van der Waals surface area (Å²) in [5.41, 5.74) is 3.44. The normalized spacial score (nSPS) is 17.5. The van der Waals surface area contributed by atoms with Crippen molar-refractivity contribution in [2.24, 2.45) is 0 Å². The van der Waals surface area contributed by atoms with Gasteiger partial charge in [0.1, 0.15) is 5.75 Å². The first-order valence-electron chi connectivity index (χ1n) is 6.07. The number of halogens is 1. The zero-order valence-corrected chi connectivity index (χ0v) is 10.6. The largest absolute Gasteiger partial charge is 0.508 e. The van der Waals surface area contributed by atoms with Gasteiger partial charge in [-0.15, -0.1) is 0 Å². The molecule has 2 aromatic carbocycles. The van der Waals surface area contributed by atoms with E-state index in [9.17, 15) is 5.11 Å². The average molecular weight is 260 g/mol. The molecule has 0 heterocycles. The third-order valence-electron chi connectivity index (χ3n) is 3.41. The molecule has 2 nitrogen and oxygen atoms in total. The Morgan fingerprint density at radius 3 is 2.83 bits per heavy atom. The molecule has 2 aromatic rings. The van der Waals surface area contributed by atoms with Gasteiger partial charge in [-0.2, -0.15) is 0 Å². The maximum Gasteiger partial charge on any atom is 0.115 e. The van der Waals surface area contributed by atoms with Gasteiger partial charge in [0.25, 0.3) is 0 Å². The molecule has 18 heavy (non-hydrogen) atoms. The monoisotopic (exact) mass is 259 g/mol. The summed E-state index contributed by atoms with van der Waals surface area (Å²) in [5, 5.41) is 13.7. The summed E-state index contributed by atoms with van der Waals surface area (Å²) in [6, 6.07) is 13.6. The number of phenols is 1. The van der Waals surface area contributed by atoms with Crippen LogP contribution in [0.2, 0.25) is 5.02 Å². The minimum Gasteiger partial charge on any atom is -0.508 e. The van der Waals surface area contributed by atoms with Gasteiger partial charge < -0.3 is 10.4 Å². The van der Waals surface area contributed by atoms with Crippen molar-refractivity contribution in [2.75, 3.05) is 5.32 Å². The first-order chi connectivity index (χ1) is 8.74. The second kappa shape index (κ2) is 4.54. The SMILES string of the molecule is Oc1ccc2c(c1)CCC2Nc1ccccc1Cl. The molecule has 1 atom stereocenters. The van der Waals surface area contributed by atoms with Crippen molar-refractivity contribution in [3.63, 3.8) is 0 Å². The van der Waals surface area contributed by atoms with Crippen molar-refractivity contribution in [2.45, 2.75) is 18.9 Å². The van der Waals surface area contributed by atoms with Crippen LogP contribution in [0.15, 0.2) is 42.5 Å². The summed E-state index contributed by atoms with van der Waals surface area (Å²) >= 11 is 6.15. The quantitative estimate of drug-likeness (QED) is 0.849. The van der Waals surface area contributed by atoms with Gasteiger partial charge in [-0.25, -0.2) is 0 Å². The van der Waals surface area contributed by atoms with E-state index in [-0.39, 0.29) is 6.04 Å². The van der Waals surface area contributed by atoms with Gasteiger partial charge in [0.2, 0.25) is 0 Å². The molecule has 0 bridgehead atoms. The summed E-state index contributed by atoms with van der Waals surface area (Å²) < 4.78 is 0. The van der Waals surface area contributed by atoms with Crippen molar-refractivity contribution in [3.05, 3.63) is 58.6 Å². The van der Waals surface area contributed by atoms with E-state index < -0.39 is 0 Å². The number of nitrogens with one attached hydrogen (secondary N) is 1. The van der Waals surface area contributed by atoms with Crippen molar-refractivity contribution < 1.29 is 5.11 Å². The highest BCUT2D eigenvalue weighted by Crippen LogP contribution is 2.36. The number of aryl methyl sites for hydroxylation is 1. The van der Waals surface area contributed by atoms with Gasteiger partial charge in [-0.3, -0.25) is 0 Å². The van der Waals surface area contributed by atoms with Crippen molar-refractivity contribution in [3.8, 4) is 5.75 Å². The molecule has 1 aliphatic carbocycles. The maximum atomic E-state index is 9.47. The molecule has 3 rings (SSSR count). The van der Waals surface area contributed by atoms with Crippen LogP contribution < -0.4 is 5.32 Å². The van der Waals surface area contributed by atoms with E-state index in [1.54, 1.807) is 6.07 Å². The fraction of sp³-hybridized carbons (Fsp3) is 0.200. The number of aromatic hydroxyl groups is 1. The minimum atomic E-state index is 0.278. The number of rotatable bonds is 2. The molecule has 0 fully saturated rings. The van der Waals surface area contributed by atoms with Crippen LogP contribution in [-0.2, 0) is 6.42 Å². The average Bonchev–Trinajstić information content (AvgIpc) is 2.74. The number of para-hydroxylation sites is 1. The smallest absolute Gasteiger partial charge is 0.115 e. The summed E-state index contributed by atoms with van der Waals surface area (Å²) in [5.74, 6) is 0.340. The van der Waals surface area contributed by atoms with E-state index >= 15 is 0 Å². The van der Waals surface area contributed by atoms with Crippen LogP contribution in [0.3, 0.4) is 0 Å². The fourth-order valence-corrected chi connectivity index (χ4v) is 2.71. The molecular formula is C15H14ClNO. The van der Waals surface area contributed by atoms with Crippen LogP contribution in [0, 0.1) is 0 Å². The summed E-state index contributed by atoms with van der Waals surface area (Å²) in [6.07, 6.45) is 2.02. The lowest BCUT2D eigenvalue weighted by Gasteiger charge is -2.16. The molecule has 92 valence electrons. The maximum absolute atomic E-state index is 9.47. The highest BCUT2D eigenvalue weighted by atomic mass is 35.5. The van der Waals surface area contributed by atoms with E-state index in [0.29, 0.717) is 5.75 Å². The van der Waals surface area contributed by atoms with Crippen molar-refractivity contribution in [1.82, 2.24) is 0 Å². The molecule has 0 saturated heterocycles. The number of fused-ring (bicyclic) bond motifs is 1. The van der Waals surface area contributed by atoms with Crippen molar-refractivity contribution in [1.29, 1.82) is 0 Å². The van der Waals surface area contributed by atoms with Gasteiger partial charge >= 0.3 is 0 Å². The number of benzene rings is 2. The molecular weight excluding hydrogens is 246 g/mol. The third kappa shape index (κ3) is 2.04. The molecule has 0 radical (unpaired) electrons. The molecule has 3 heteroatoms. The first kappa shape index (κ1) is 11.4.